The number of morpholine rings is 1. The predicted octanol–water partition coefficient (Wildman–Crippen LogP) is 1.18. The van der Waals surface area contributed by atoms with Crippen LogP contribution < -0.4 is 10.6 Å². The monoisotopic (exact) mass is 258 g/mol. The van der Waals surface area contributed by atoms with Crippen molar-refractivity contribution in [1.82, 2.24) is 9.97 Å². The van der Waals surface area contributed by atoms with E-state index in [2.05, 4.69) is 14.9 Å². The van der Waals surface area contributed by atoms with Crippen molar-refractivity contribution in [3.8, 4) is 0 Å². The highest BCUT2D eigenvalue weighted by molar-refractivity contribution is 5.75. The van der Waals surface area contributed by atoms with Crippen LogP contribution in [0.5, 0.6) is 0 Å². The number of rotatable bonds is 2. The van der Waals surface area contributed by atoms with E-state index in [0.717, 1.165) is 29.9 Å². The summed E-state index contributed by atoms with van der Waals surface area (Å²) >= 11 is 0. The van der Waals surface area contributed by atoms with E-state index in [9.17, 15) is 0 Å². The minimum absolute atomic E-state index is 0.0243. The van der Waals surface area contributed by atoms with Gasteiger partial charge in [0.15, 0.2) is 0 Å². The van der Waals surface area contributed by atoms with E-state index in [1.54, 1.807) is 0 Å². The summed E-state index contributed by atoms with van der Waals surface area (Å²) in [6.45, 7) is 4.25. The van der Waals surface area contributed by atoms with Gasteiger partial charge >= 0.3 is 0 Å². The molecule has 5 nitrogen and oxygen atoms in total. The summed E-state index contributed by atoms with van der Waals surface area (Å²) in [6.07, 6.45) is 1.88. The van der Waals surface area contributed by atoms with Crippen LogP contribution in [0, 0.1) is 0 Å². The third-order valence-corrected chi connectivity index (χ3v) is 3.44. The van der Waals surface area contributed by atoms with Crippen molar-refractivity contribution in [3.05, 3.63) is 30.5 Å². The summed E-state index contributed by atoms with van der Waals surface area (Å²) < 4.78 is 5.66. The lowest BCUT2D eigenvalue weighted by Gasteiger charge is -2.35. The van der Waals surface area contributed by atoms with Gasteiger partial charge in [-0.05, 0) is 19.1 Å². The maximum Gasteiger partial charge on any atom is 0.148 e. The normalized spacial score (nSPS) is 21.6. The number of para-hydroxylation sites is 2. The fraction of sp³-hybridized carbons (Fsp3) is 0.429. The third-order valence-electron chi connectivity index (χ3n) is 3.44. The molecule has 2 atom stereocenters. The molecule has 0 radical (unpaired) electrons. The molecule has 2 N–H and O–H groups in total. The van der Waals surface area contributed by atoms with Crippen LogP contribution in [0.1, 0.15) is 6.92 Å². The van der Waals surface area contributed by atoms with E-state index < -0.39 is 0 Å². The molecule has 2 unspecified atom stereocenters. The third kappa shape index (κ3) is 2.52. The number of nitrogens with zero attached hydrogens (tertiary/aromatic N) is 3. The maximum absolute atomic E-state index is 5.91. The van der Waals surface area contributed by atoms with Crippen molar-refractivity contribution < 1.29 is 4.74 Å². The Hall–Kier alpha value is -1.72. The van der Waals surface area contributed by atoms with Gasteiger partial charge in [0, 0.05) is 19.1 Å². The SMILES string of the molecule is CC(N)C1CN(c2cnc3ccccc3n2)CCO1. The van der Waals surface area contributed by atoms with Gasteiger partial charge in [-0.2, -0.15) is 0 Å². The first-order valence-electron chi connectivity index (χ1n) is 6.58. The van der Waals surface area contributed by atoms with Crippen LogP contribution >= 0.6 is 0 Å². The van der Waals surface area contributed by atoms with Crippen LogP contribution in [0.4, 0.5) is 5.82 Å². The molecule has 0 saturated carbocycles. The molecule has 0 aliphatic carbocycles. The average molecular weight is 258 g/mol. The summed E-state index contributed by atoms with van der Waals surface area (Å²) in [6, 6.07) is 7.92. The standard InChI is InChI=1S/C14H18N4O/c1-10(15)13-9-18(6-7-19-13)14-8-16-11-4-2-3-5-12(11)17-14/h2-5,8,10,13H,6-7,9,15H2,1H3. The highest BCUT2D eigenvalue weighted by atomic mass is 16.5. The summed E-state index contributed by atoms with van der Waals surface area (Å²) in [5.74, 6) is 0.896. The quantitative estimate of drug-likeness (QED) is 0.876. The first-order chi connectivity index (χ1) is 9.24. The molecule has 5 heteroatoms. The second-order valence-corrected chi connectivity index (χ2v) is 4.93. The van der Waals surface area contributed by atoms with Crippen molar-refractivity contribution in [1.29, 1.82) is 0 Å². The Balaban J connectivity index is 1.87. The lowest BCUT2D eigenvalue weighted by atomic mass is 10.1. The fourth-order valence-corrected chi connectivity index (χ4v) is 2.30. The molecule has 2 heterocycles. The highest BCUT2D eigenvalue weighted by Crippen LogP contribution is 2.18. The Kier molecular flexibility index (Phi) is 3.31. The van der Waals surface area contributed by atoms with Gasteiger partial charge in [0.05, 0.1) is 29.9 Å². The first kappa shape index (κ1) is 12.3. The largest absolute Gasteiger partial charge is 0.373 e. The van der Waals surface area contributed by atoms with Crippen LogP contribution in [-0.2, 0) is 4.74 Å². The summed E-state index contributed by atoms with van der Waals surface area (Å²) in [4.78, 5) is 11.3. The summed E-state index contributed by atoms with van der Waals surface area (Å²) in [5, 5.41) is 0. The van der Waals surface area contributed by atoms with Gasteiger partial charge in [0.2, 0.25) is 0 Å². The Labute approximate surface area is 112 Å². The number of hydrogen-bond acceptors (Lipinski definition) is 5. The van der Waals surface area contributed by atoms with Gasteiger partial charge in [-0.25, -0.2) is 4.98 Å². The van der Waals surface area contributed by atoms with Crippen molar-refractivity contribution in [2.24, 2.45) is 5.73 Å². The summed E-state index contributed by atoms with van der Waals surface area (Å²) in [7, 11) is 0. The van der Waals surface area contributed by atoms with E-state index >= 15 is 0 Å². The Morgan fingerprint density at radius 2 is 2.16 bits per heavy atom. The highest BCUT2D eigenvalue weighted by Gasteiger charge is 2.24. The van der Waals surface area contributed by atoms with Gasteiger partial charge < -0.3 is 15.4 Å². The molecule has 1 aliphatic heterocycles. The number of fused-ring (bicyclic) bond motifs is 1. The maximum atomic E-state index is 5.91. The Morgan fingerprint density at radius 3 is 2.95 bits per heavy atom. The number of hydrogen-bond donors (Lipinski definition) is 1. The minimum Gasteiger partial charge on any atom is -0.373 e. The Morgan fingerprint density at radius 1 is 1.37 bits per heavy atom. The molecule has 1 saturated heterocycles. The molecule has 1 aromatic carbocycles. The van der Waals surface area contributed by atoms with Crippen LogP contribution in [-0.4, -0.2) is 41.8 Å². The van der Waals surface area contributed by atoms with Crippen molar-refractivity contribution >= 4 is 16.9 Å². The average Bonchev–Trinajstić information content (AvgIpc) is 2.47. The fourth-order valence-electron chi connectivity index (χ4n) is 2.30. The van der Waals surface area contributed by atoms with Crippen molar-refractivity contribution in [2.45, 2.75) is 19.1 Å². The number of aromatic nitrogens is 2. The molecule has 0 bridgehead atoms. The number of benzene rings is 1. The second-order valence-electron chi connectivity index (χ2n) is 4.93. The van der Waals surface area contributed by atoms with E-state index in [1.165, 1.54) is 0 Å². The molecule has 1 aromatic heterocycles. The van der Waals surface area contributed by atoms with Crippen molar-refractivity contribution in [2.75, 3.05) is 24.6 Å². The van der Waals surface area contributed by atoms with E-state index in [-0.39, 0.29) is 12.1 Å². The minimum atomic E-state index is 0.0243. The molecule has 19 heavy (non-hydrogen) atoms. The Bertz CT molecular complexity index is 572. The van der Waals surface area contributed by atoms with Crippen LogP contribution in [0.3, 0.4) is 0 Å². The number of anilines is 1. The van der Waals surface area contributed by atoms with Crippen LogP contribution in [0.15, 0.2) is 30.5 Å². The molecule has 100 valence electrons. The first-order valence-corrected chi connectivity index (χ1v) is 6.58. The lowest BCUT2D eigenvalue weighted by Crippen LogP contribution is -2.49. The molecule has 1 aliphatic rings. The second kappa shape index (κ2) is 5.11. The molecule has 0 amide bonds. The molecular weight excluding hydrogens is 240 g/mol. The van der Waals surface area contributed by atoms with Crippen molar-refractivity contribution in [3.63, 3.8) is 0 Å². The van der Waals surface area contributed by atoms with Crippen LogP contribution in [0.2, 0.25) is 0 Å². The van der Waals surface area contributed by atoms with Gasteiger partial charge in [-0.3, -0.25) is 4.98 Å². The smallest absolute Gasteiger partial charge is 0.148 e. The number of nitrogens with two attached hydrogens (primary N) is 1. The molecule has 2 aromatic rings. The van der Waals surface area contributed by atoms with Gasteiger partial charge in [-0.15, -0.1) is 0 Å². The zero-order chi connectivity index (χ0) is 13.2. The lowest BCUT2D eigenvalue weighted by molar-refractivity contribution is 0.0273. The van der Waals surface area contributed by atoms with E-state index in [0.29, 0.717) is 6.61 Å². The molecular formula is C14H18N4O. The van der Waals surface area contributed by atoms with E-state index in [1.807, 2.05) is 37.4 Å². The van der Waals surface area contributed by atoms with E-state index in [4.69, 9.17) is 10.5 Å². The topological polar surface area (TPSA) is 64.3 Å². The number of ether oxygens (including phenoxy) is 1. The molecule has 1 fully saturated rings. The summed E-state index contributed by atoms with van der Waals surface area (Å²) in [5.41, 5.74) is 7.75. The zero-order valence-corrected chi connectivity index (χ0v) is 11.0. The molecule has 0 spiro atoms. The van der Waals surface area contributed by atoms with Crippen LogP contribution in [0.25, 0.3) is 11.0 Å². The predicted molar refractivity (Wildman–Crippen MR) is 75.1 cm³/mol. The van der Waals surface area contributed by atoms with Gasteiger partial charge in [0.25, 0.3) is 0 Å². The zero-order valence-electron chi connectivity index (χ0n) is 11.0. The van der Waals surface area contributed by atoms with Gasteiger partial charge in [0.1, 0.15) is 5.82 Å². The van der Waals surface area contributed by atoms with Gasteiger partial charge in [-0.1, -0.05) is 12.1 Å². The molecule has 3 rings (SSSR count).